The van der Waals surface area contributed by atoms with Crippen molar-refractivity contribution in [1.29, 1.82) is 0 Å². The summed E-state index contributed by atoms with van der Waals surface area (Å²) in [5.74, 6) is 0. The number of hydrogen-bond donors (Lipinski definition) is 1. The molecule has 0 amide bonds. The molecule has 0 saturated carbocycles. The van der Waals surface area contributed by atoms with Gasteiger partial charge in [0.1, 0.15) is 5.15 Å². The highest BCUT2D eigenvalue weighted by Crippen LogP contribution is 2.21. The second kappa shape index (κ2) is 3.12. The first-order valence-corrected chi connectivity index (χ1v) is 4.69. The van der Waals surface area contributed by atoms with E-state index in [0.717, 1.165) is 9.86 Å². The first-order valence-electron chi connectivity index (χ1n) is 3.52. The number of nitrogens with one attached hydrogen (secondary N) is 1. The summed E-state index contributed by atoms with van der Waals surface area (Å²) in [7, 11) is 0. The van der Waals surface area contributed by atoms with E-state index in [1.165, 1.54) is 0 Å². The van der Waals surface area contributed by atoms with E-state index in [4.69, 9.17) is 11.6 Å². The van der Waals surface area contributed by atoms with Crippen molar-refractivity contribution in [2.24, 2.45) is 0 Å². The fraction of sp³-hybridized carbons (Fsp3) is 0. The first-order chi connectivity index (χ1) is 6.16. The molecule has 0 spiro atoms. The normalized spacial score (nSPS) is 10.6. The summed E-state index contributed by atoms with van der Waals surface area (Å²) < 4.78 is 0.899. The largest absolute Gasteiger partial charge is 0.346 e. The third-order valence-electron chi connectivity index (χ3n) is 1.63. The molecule has 3 nitrogen and oxygen atoms in total. The monoisotopic (exact) mass is 258 g/mol. The molecule has 0 bridgehead atoms. The Hall–Kier alpha value is -0.870. The molecule has 0 saturated heterocycles. The van der Waals surface area contributed by atoms with E-state index < -0.39 is 5.69 Å². The van der Waals surface area contributed by atoms with Crippen LogP contribution in [0, 0.1) is 0 Å². The van der Waals surface area contributed by atoms with Crippen molar-refractivity contribution in [2.45, 2.75) is 0 Å². The number of aromatic amines is 1. The minimum absolute atomic E-state index is 0.316. The third kappa shape index (κ3) is 1.59. The fourth-order valence-corrected chi connectivity index (χ4v) is 1.67. The predicted octanol–water partition coefficient (Wildman–Crippen LogP) is 2.34. The Labute approximate surface area is 86.9 Å². The number of H-pyrrole nitrogens is 1. The van der Waals surface area contributed by atoms with Crippen molar-refractivity contribution in [3.05, 3.63) is 38.3 Å². The maximum Gasteiger partial charge on any atom is 0.346 e. The van der Waals surface area contributed by atoms with Gasteiger partial charge in [0.25, 0.3) is 0 Å². The molecule has 0 unspecified atom stereocenters. The molecule has 1 aromatic carbocycles. The topological polar surface area (TPSA) is 45.8 Å². The number of rotatable bonds is 0. The molecule has 0 atom stereocenters. The minimum atomic E-state index is -0.431. The van der Waals surface area contributed by atoms with Crippen LogP contribution in [0.2, 0.25) is 5.15 Å². The molecule has 0 aliphatic carbocycles. The van der Waals surface area contributed by atoms with Crippen LogP contribution < -0.4 is 5.69 Å². The zero-order chi connectivity index (χ0) is 9.42. The van der Waals surface area contributed by atoms with Gasteiger partial charge in [-0.3, -0.25) is 4.98 Å². The summed E-state index contributed by atoms with van der Waals surface area (Å²) in [5.41, 5.74) is 0.164. The van der Waals surface area contributed by atoms with Gasteiger partial charge in [-0.2, -0.15) is 4.98 Å². The van der Waals surface area contributed by atoms with Crippen molar-refractivity contribution in [3.8, 4) is 0 Å². The van der Waals surface area contributed by atoms with Gasteiger partial charge < -0.3 is 0 Å². The van der Waals surface area contributed by atoms with Gasteiger partial charge in [-0.15, -0.1) is 0 Å². The Morgan fingerprint density at radius 2 is 2.23 bits per heavy atom. The Morgan fingerprint density at radius 1 is 1.46 bits per heavy atom. The Morgan fingerprint density at radius 3 is 3.00 bits per heavy atom. The molecule has 0 fully saturated rings. The van der Waals surface area contributed by atoms with Crippen LogP contribution >= 0.6 is 27.5 Å². The van der Waals surface area contributed by atoms with Gasteiger partial charge in [0.05, 0.1) is 5.52 Å². The molecule has 13 heavy (non-hydrogen) atoms. The van der Waals surface area contributed by atoms with Crippen LogP contribution in [0.5, 0.6) is 0 Å². The molecule has 0 radical (unpaired) electrons. The summed E-state index contributed by atoms with van der Waals surface area (Å²) in [6, 6.07) is 5.35. The van der Waals surface area contributed by atoms with Crippen LogP contribution in [-0.2, 0) is 0 Å². The molecule has 2 rings (SSSR count). The first kappa shape index (κ1) is 8.72. The lowest BCUT2D eigenvalue weighted by molar-refractivity contribution is 1.12. The van der Waals surface area contributed by atoms with Gasteiger partial charge >= 0.3 is 5.69 Å². The predicted molar refractivity (Wildman–Crippen MR) is 55.1 cm³/mol. The quantitative estimate of drug-likeness (QED) is 0.738. The van der Waals surface area contributed by atoms with E-state index in [2.05, 4.69) is 25.9 Å². The SMILES string of the molecule is O=c1nc2ccc(Br)cc2c(Cl)[nH]1. The molecule has 2 aromatic rings. The van der Waals surface area contributed by atoms with Crippen LogP contribution in [0.4, 0.5) is 0 Å². The van der Waals surface area contributed by atoms with E-state index in [1.807, 2.05) is 6.07 Å². The Bertz CT molecular complexity index is 523. The summed E-state index contributed by atoms with van der Waals surface area (Å²) in [6.07, 6.45) is 0. The van der Waals surface area contributed by atoms with E-state index in [-0.39, 0.29) is 0 Å². The van der Waals surface area contributed by atoms with E-state index in [0.29, 0.717) is 10.7 Å². The summed E-state index contributed by atoms with van der Waals surface area (Å²) in [5, 5.41) is 1.05. The van der Waals surface area contributed by atoms with Crippen molar-refractivity contribution in [2.75, 3.05) is 0 Å². The van der Waals surface area contributed by atoms with Gasteiger partial charge in [0.15, 0.2) is 0 Å². The summed E-state index contributed by atoms with van der Waals surface area (Å²) in [4.78, 5) is 17.1. The second-order valence-electron chi connectivity index (χ2n) is 2.52. The van der Waals surface area contributed by atoms with Crippen LogP contribution in [0.15, 0.2) is 27.5 Å². The van der Waals surface area contributed by atoms with Gasteiger partial charge in [-0.25, -0.2) is 4.79 Å². The Balaban J connectivity index is 2.95. The fourth-order valence-electron chi connectivity index (χ4n) is 1.08. The van der Waals surface area contributed by atoms with Crippen molar-refractivity contribution in [3.63, 3.8) is 0 Å². The lowest BCUT2D eigenvalue weighted by atomic mass is 10.2. The highest BCUT2D eigenvalue weighted by molar-refractivity contribution is 9.10. The number of aromatic nitrogens is 2. The van der Waals surface area contributed by atoms with Crippen molar-refractivity contribution >= 4 is 38.4 Å². The van der Waals surface area contributed by atoms with E-state index >= 15 is 0 Å². The molecular weight excluding hydrogens is 255 g/mol. The average molecular weight is 259 g/mol. The number of nitrogens with zero attached hydrogens (tertiary/aromatic N) is 1. The standard InChI is InChI=1S/C8H4BrClN2O/c9-4-1-2-6-5(3-4)7(10)12-8(13)11-6/h1-3H,(H,11,12,13). The molecule has 1 N–H and O–H groups in total. The zero-order valence-corrected chi connectivity index (χ0v) is 8.69. The van der Waals surface area contributed by atoms with Gasteiger partial charge in [-0.05, 0) is 18.2 Å². The van der Waals surface area contributed by atoms with Gasteiger partial charge in [0, 0.05) is 9.86 Å². The molecule has 5 heteroatoms. The lowest BCUT2D eigenvalue weighted by Crippen LogP contribution is -2.09. The highest BCUT2D eigenvalue weighted by Gasteiger charge is 2.02. The summed E-state index contributed by atoms with van der Waals surface area (Å²) in [6.45, 7) is 0. The molecule has 0 aliphatic heterocycles. The van der Waals surface area contributed by atoms with E-state index in [1.54, 1.807) is 12.1 Å². The molecule has 0 aliphatic rings. The third-order valence-corrected chi connectivity index (χ3v) is 2.43. The van der Waals surface area contributed by atoms with Crippen molar-refractivity contribution < 1.29 is 0 Å². The van der Waals surface area contributed by atoms with Gasteiger partial charge in [0.2, 0.25) is 0 Å². The maximum absolute atomic E-state index is 10.9. The second-order valence-corrected chi connectivity index (χ2v) is 3.81. The van der Waals surface area contributed by atoms with Crippen LogP contribution in [-0.4, -0.2) is 9.97 Å². The Kier molecular flexibility index (Phi) is 2.09. The average Bonchev–Trinajstić information content (AvgIpc) is 2.06. The van der Waals surface area contributed by atoms with Crippen molar-refractivity contribution in [1.82, 2.24) is 9.97 Å². The number of hydrogen-bond acceptors (Lipinski definition) is 2. The molecule has 66 valence electrons. The lowest BCUT2D eigenvalue weighted by Gasteiger charge is -1.98. The van der Waals surface area contributed by atoms with Gasteiger partial charge in [-0.1, -0.05) is 27.5 Å². The minimum Gasteiger partial charge on any atom is -0.296 e. The molecule has 1 aromatic heterocycles. The van der Waals surface area contributed by atoms with Crippen LogP contribution in [0.1, 0.15) is 0 Å². The van der Waals surface area contributed by atoms with Crippen LogP contribution in [0.25, 0.3) is 10.9 Å². The van der Waals surface area contributed by atoms with Crippen LogP contribution in [0.3, 0.4) is 0 Å². The summed E-state index contributed by atoms with van der Waals surface area (Å²) >= 11 is 9.12. The highest BCUT2D eigenvalue weighted by atomic mass is 79.9. The number of benzene rings is 1. The molecule has 1 heterocycles. The smallest absolute Gasteiger partial charge is 0.296 e. The molecular formula is C8H4BrClN2O. The van der Waals surface area contributed by atoms with E-state index in [9.17, 15) is 4.79 Å². The maximum atomic E-state index is 10.9. The number of halogens is 2. The zero-order valence-electron chi connectivity index (χ0n) is 6.34. The number of fused-ring (bicyclic) bond motifs is 1.